The van der Waals surface area contributed by atoms with Crippen molar-refractivity contribution in [3.05, 3.63) is 33.9 Å². The molecule has 2 rings (SSSR count). The third-order valence-electron chi connectivity index (χ3n) is 3.40. The SMILES string of the molecule is NC(=O)c1ccc(SCC(=O)N(CC(=O)O)C2CC2)c([N+](=O)[O-])c1. The van der Waals surface area contributed by atoms with Crippen molar-refractivity contribution in [1.82, 2.24) is 4.90 Å². The number of hydrogen-bond acceptors (Lipinski definition) is 6. The topological polar surface area (TPSA) is 144 Å². The second-order valence-electron chi connectivity index (χ2n) is 5.24. The lowest BCUT2D eigenvalue weighted by Crippen LogP contribution is -2.38. The summed E-state index contributed by atoms with van der Waals surface area (Å²) in [5.74, 6) is -2.40. The standard InChI is InChI=1S/C14H15N3O6S/c15-14(21)8-1-4-11(10(5-8)17(22)23)24-7-12(18)16(6-13(19)20)9-2-3-9/h1,4-5,9H,2-3,6-7H2,(H2,15,21)(H,19,20). The van der Waals surface area contributed by atoms with Crippen molar-refractivity contribution in [1.29, 1.82) is 0 Å². The first-order chi connectivity index (χ1) is 11.3. The Labute approximate surface area is 140 Å². The summed E-state index contributed by atoms with van der Waals surface area (Å²) in [6, 6.07) is 3.69. The number of benzene rings is 1. The van der Waals surface area contributed by atoms with Gasteiger partial charge in [-0.25, -0.2) is 0 Å². The molecule has 1 aromatic rings. The third-order valence-corrected chi connectivity index (χ3v) is 4.45. The van der Waals surface area contributed by atoms with Gasteiger partial charge < -0.3 is 15.7 Å². The molecule has 1 saturated carbocycles. The molecule has 128 valence electrons. The van der Waals surface area contributed by atoms with Crippen LogP contribution in [0.25, 0.3) is 0 Å². The van der Waals surface area contributed by atoms with Crippen molar-refractivity contribution in [3.63, 3.8) is 0 Å². The molecule has 0 aliphatic heterocycles. The zero-order valence-corrected chi connectivity index (χ0v) is 13.3. The minimum absolute atomic E-state index is 0.00265. The summed E-state index contributed by atoms with van der Waals surface area (Å²) < 4.78 is 0. The summed E-state index contributed by atoms with van der Waals surface area (Å²) in [7, 11) is 0. The molecule has 3 N–H and O–H groups in total. The number of carbonyl (C=O) groups is 3. The molecular weight excluding hydrogens is 338 g/mol. The van der Waals surface area contributed by atoms with E-state index in [-0.39, 0.29) is 34.5 Å². The fourth-order valence-corrected chi connectivity index (χ4v) is 3.00. The zero-order chi connectivity index (χ0) is 17.9. The summed E-state index contributed by atoms with van der Waals surface area (Å²) in [6.07, 6.45) is 1.52. The summed E-state index contributed by atoms with van der Waals surface area (Å²) in [6.45, 7) is -0.382. The van der Waals surface area contributed by atoms with Crippen LogP contribution in [0, 0.1) is 10.1 Å². The number of amides is 2. The molecule has 10 heteroatoms. The van der Waals surface area contributed by atoms with Crippen LogP contribution in [0.15, 0.2) is 23.1 Å². The Balaban J connectivity index is 2.10. The van der Waals surface area contributed by atoms with Crippen LogP contribution in [0.3, 0.4) is 0 Å². The first kappa shape index (κ1) is 17.7. The Bertz CT molecular complexity index is 704. The number of carboxylic acids is 1. The van der Waals surface area contributed by atoms with Crippen LogP contribution in [-0.4, -0.2) is 51.1 Å². The van der Waals surface area contributed by atoms with Gasteiger partial charge in [0.2, 0.25) is 11.8 Å². The molecule has 0 atom stereocenters. The van der Waals surface area contributed by atoms with Gasteiger partial charge >= 0.3 is 5.97 Å². The number of thioether (sulfide) groups is 1. The predicted molar refractivity (Wildman–Crippen MR) is 84.7 cm³/mol. The Hall–Kier alpha value is -2.62. The van der Waals surface area contributed by atoms with E-state index in [0.29, 0.717) is 0 Å². The van der Waals surface area contributed by atoms with E-state index in [4.69, 9.17) is 10.8 Å². The molecule has 9 nitrogen and oxygen atoms in total. The van der Waals surface area contributed by atoms with Gasteiger partial charge in [-0.2, -0.15) is 0 Å². The molecule has 1 aliphatic carbocycles. The largest absolute Gasteiger partial charge is 0.480 e. The molecule has 1 fully saturated rings. The highest BCUT2D eigenvalue weighted by atomic mass is 32.2. The fourth-order valence-electron chi connectivity index (χ4n) is 2.11. The van der Waals surface area contributed by atoms with E-state index in [1.165, 1.54) is 17.0 Å². The van der Waals surface area contributed by atoms with Crippen LogP contribution in [0.5, 0.6) is 0 Å². The molecule has 0 saturated heterocycles. The van der Waals surface area contributed by atoms with E-state index in [0.717, 1.165) is 30.7 Å². The maximum absolute atomic E-state index is 12.2. The molecule has 1 aliphatic rings. The number of carbonyl (C=O) groups excluding carboxylic acids is 2. The second kappa shape index (κ2) is 7.30. The third kappa shape index (κ3) is 4.44. The lowest BCUT2D eigenvalue weighted by molar-refractivity contribution is -0.387. The summed E-state index contributed by atoms with van der Waals surface area (Å²) >= 11 is 0.927. The normalized spacial score (nSPS) is 13.3. The van der Waals surface area contributed by atoms with Crippen molar-refractivity contribution in [2.24, 2.45) is 5.73 Å². The number of nitrogens with two attached hydrogens (primary N) is 1. The lowest BCUT2D eigenvalue weighted by Gasteiger charge is -2.19. The Morgan fingerprint density at radius 1 is 1.38 bits per heavy atom. The number of nitro benzene ring substituents is 1. The average Bonchev–Trinajstić information content (AvgIpc) is 3.34. The highest BCUT2D eigenvalue weighted by Crippen LogP contribution is 2.32. The van der Waals surface area contributed by atoms with Crippen molar-refractivity contribution in [3.8, 4) is 0 Å². The van der Waals surface area contributed by atoms with E-state index < -0.39 is 22.7 Å². The second-order valence-corrected chi connectivity index (χ2v) is 6.26. The van der Waals surface area contributed by atoms with Crippen LogP contribution in [0.4, 0.5) is 5.69 Å². The van der Waals surface area contributed by atoms with Gasteiger partial charge in [0.15, 0.2) is 0 Å². The smallest absolute Gasteiger partial charge is 0.323 e. The minimum atomic E-state index is -1.10. The van der Waals surface area contributed by atoms with Crippen LogP contribution < -0.4 is 5.73 Å². The molecular formula is C14H15N3O6S. The molecule has 2 amide bonds. The molecule has 0 bridgehead atoms. The van der Waals surface area contributed by atoms with Gasteiger partial charge in [0.05, 0.1) is 15.6 Å². The molecule has 0 heterocycles. The van der Waals surface area contributed by atoms with Crippen LogP contribution in [0.2, 0.25) is 0 Å². The molecule has 0 radical (unpaired) electrons. The monoisotopic (exact) mass is 353 g/mol. The van der Waals surface area contributed by atoms with Crippen LogP contribution in [0.1, 0.15) is 23.2 Å². The van der Waals surface area contributed by atoms with Gasteiger partial charge in [-0.3, -0.25) is 24.5 Å². The predicted octanol–water partition coefficient (Wildman–Crippen LogP) is 0.861. The van der Waals surface area contributed by atoms with Crippen molar-refractivity contribution < 1.29 is 24.4 Å². The number of hydrogen-bond donors (Lipinski definition) is 2. The fraction of sp³-hybridized carbons (Fsp3) is 0.357. The summed E-state index contributed by atoms with van der Waals surface area (Å²) in [5.41, 5.74) is 4.78. The number of nitrogens with zero attached hydrogens (tertiary/aromatic N) is 2. The molecule has 1 aromatic carbocycles. The number of rotatable bonds is 8. The minimum Gasteiger partial charge on any atom is -0.480 e. The summed E-state index contributed by atoms with van der Waals surface area (Å²) in [5, 5.41) is 20.0. The first-order valence-corrected chi connectivity index (χ1v) is 8.00. The van der Waals surface area contributed by atoms with Gasteiger partial charge in [0, 0.05) is 17.7 Å². The van der Waals surface area contributed by atoms with E-state index in [1.807, 2.05) is 0 Å². The lowest BCUT2D eigenvalue weighted by atomic mass is 10.2. The highest BCUT2D eigenvalue weighted by Gasteiger charge is 2.33. The van der Waals surface area contributed by atoms with Crippen LogP contribution in [-0.2, 0) is 9.59 Å². The Kier molecular flexibility index (Phi) is 5.39. The number of primary amides is 1. The molecule has 0 aromatic heterocycles. The zero-order valence-electron chi connectivity index (χ0n) is 12.5. The van der Waals surface area contributed by atoms with Gasteiger partial charge in [-0.05, 0) is 25.0 Å². The Morgan fingerprint density at radius 3 is 2.54 bits per heavy atom. The van der Waals surface area contributed by atoms with Gasteiger partial charge in [-0.15, -0.1) is 11.8 Å². The van der Waals surface area contributed by atoms with Crippen LogP contribution >= 0.6 is 11.8 Å². The maximum atomic E-state index is 12.2. The van der Waals surface area contributed by atoms with E-state index in [9.17, 15) is 24.5 Å². The quantitative estimate of drug-likeness (QED) is 0.400. The number of carboxylic acid groups (broad SMARTS) is 1. The van der Waals surface area contributed by atoms with E-state index >= 15 is 0 Å². The number of aliphatic carboxylic acids is 1. The first-order valence-electron chi connectivity index (χ1n) is 7.02. The Morgan fingerprint density at radius 2 is 2.04 bits per heavy atom. The van der Waals surface area contributed by atoms with Gasteiger partial charge in [0.1, 0.15) is 6.54 Å². The average molecular weight is 353 g/mol. The molecule has 0 spiro atoms. The van der Waals surface area contributed by atoms with Gasteiger partial charge in [0.25, 0.3) is 5.69 Å². The van der Waals surface area contributed by atoms with E-state index in [1.54, 1.807) is 0 Å². The highest BCUT2D eigenvalue weighted by molar-refractivity contribution is 8.00. The van der Waals surface area contributed by atoms with Crippen molar-refractivity contribution in [2.75, 3.05) is 12.3 Å². The van der Waals surface area contributed by atoms with Crippen molar-refractivity contribution >= 4 is 35.2 Å². The van der Waals surface area contributed by atoms with E-state index in [2.05, 4.69) is 0 Å². The van der Waals surface area contributed by atoms with Crippen molar-refractivity contribution in [2.45, 2.75) is 23.8 Å². The molecule has 0 unspecified atom stereocenters. The van der Waals surface area contributed by atoms with Gasteiger partial charge in [-0.1, -0.05) is 0 Å². The molecule has 24 heavy (non-hydrogen) atoms. The number of nitro groups is 1. The summed E-state index contributed by atoms with van der Waals surface area (Å²) in [4.78, 5) is 46.1. The maximum Gasteiger partial charge on any atom is 0.323 e.